The molecule has 0 atom stereocenters. The zero-order valence-electron chi connectivity index (χ0n) is 21.1. The highest BCUT2D eigenvalue weighted by Crippen LogP contribution is 2.02. The molecule has 0 rings (SSSR count). The Morgan fingerprint density at radius 2 is 0.971 bits per heavy atom. The molecule has 0 spiro atoms. The summed E-state index contributed by atoms with van der Waals surface area (Å²) in [5, 5.41) is 11.1. The van der Waals surface area contributed by atoms with Crippen LogP contribution in [0.3, 0.4) is 0 Å². The number of nitrogens with one attached hydrogen (secondary N) is 1. The average Bonchev–Trinajstić information content (AvgIpc) is 2.82. The second-order valence-electron chi connectivity index (χ2n) is 7.69. The van der Waals surface area contributed by atoms with Crippen LogP contribution in [0.2, 0.25) is 0 Å². The fourth-order valence-electron chi connectivity index (χ4n) is 2.72. The number of aliphatic carboxylic acids is 1. The SMILES string of the molecule is CCCCCCCOCCOCCOCCOCCOCCOCCCNC(=O)CCC(=O)O. The molecule has 0 radical (unpaired) electrons. The molecule has 0 aromatic heterocycles. The Bertz CT molecular complexity index is 452. The number of unbranched alkanes of at least 4 members (excludes halogenated alkanes) is 4. The van der Waals surface area contributed by atoms with E-state index in [1.54, 1.807) is 0 Å². The summed E-state index contributed by atoms with van der Waals surface area (Å²) in [5.41, 5.74) is 0. The van der Waals surface area contributed by atoms with Gasteiger partial charge in [0.15, 0.2) is 0 Å². The summed E-state index contributed by atoms with van der Waals surface area (Å²) in [6.45, 7) is 9.31. The number of hydrogen-bond acceptors (Lipinski definition) is 8. The first-order valence-electron chi connectivity index (χ1n) is 12.6. The highest BCUT2D eigenvalue weighted by molar-refractivity contribution is 5.80. The fourth-order valence-corrected chi connectivity index (χ4v) is 2.72. The second-order valence-corrected chi connectivity index (χ2v) is 7.69. The van der Waals surface area contributed by atoms with Gasteiger partial charge in [-0.25, -0.2) is 0 Å². The van der Waals surface area contributed by atoms with Gasteiger partial charge < -0.3 is 38.8 Å². The van der Waals surface area contributed by atoms with Crippen LogP contribution in [-0.4, -0.2) is 103 Å². The van der Waals surface area contributed by atoms with E-state index in [1.165, 1.54) is 25.7 Å². The van der Waals surface area contributed by atoms with Crippen LogP contribution < -0.4 is 5.32 Å². The van der Waals surface area contributed by atoms with E-state index in [-0.39, 0.29) is 18.7 Å². The fraction of sp³-hybridized carbons (Fsp3) is 0.917. The van der Waals surface area contributed by atoms with E-state index in [4.69, 9.17) is 33.5 Å². The molecule has 0 aliphatic carbocycles. The molecule has 0 aliphatic heterocycles. The molecule has 0 aromatic carbocycles. The van der Waals surface area contributed by atoms with Crippen LogP contribution in [0.25, 0.3) is 0 Å². The third-order valence-electron chi connectivity index (χ3n) is 4.61. The monoisotopic (exact) mass is 493 g/mol. The number of carboxylic acids is 1. The van der Waals surface area contributed by atoms with Crippen LogP contribution in [0, 0.1) is 0 Å². The topological polar surface area (TPSA) is 122 Å². The third kappa shape index (κ3) is 28.7. The number of rotatable bonds is 28. The molecule has 0 bridgehead atoms. The molecule has 10 nitrogen and oxygen atoms in total. The van der Waals surface area contributed by atoms with Crippen molar-refractivity contribution >= 4 is 11.9 Å². The Labute approximate surface area is 204 Å². The summed E-state index contributed by atoms with van der Waals surface area (Å²) < 4.78 is 32.7. The van der Waals surface area contributed by atoms with Crippen molar-refractivity contribution in [3.05, 3.63) is 0 Å². The summed E-state index contributed by atoms with van der Waals surface area (Å²) in [6, 6.07) is 0. The van der Waals surface area contributed by atoms with Crippen molar-refractivity contribution in [2.75, 3.05) is 85.8 Å². The zero-order chi connectivity index (χ0) is 25.0. The lowest BCUT2D eigenvalue weighted by atomic mass is 10.2. The molecule has 0 fully saturated rings. The maximum Gasteiger partial charge on any atom is 0.303 e. The van der Waals surface area contributed by atoms with E-state index < -0.39 is 5.97 Å². The Morgan fingerprint density at radius 3 is 1.41 bits per heavy atom. The quantitative estimate of drug-likeness (QED) is 0.158. The highest BCUT2D eigenvalue weighted by atomic mass is 16.6. The summed E-state index contributed by atoms with van der Waals surface area (Å²) in [7, 11) is 0. The van der Waals surface area contributed by atoms with Crippen molar-refractivity contribution in [3.63, 3.8) is 0 Å². The first-order valence-corrected chi connectivity index (χ1v) is 12.6. The van der Waals surface area contributed by atoms with Gasteiger partial charge in [0.05, 0.1) is 72.5 Å². The number of carbonyl (C=O) groups excluding carboxylic acids is 1. The zero-order valence-corrected chi connectivity index (χ0v) is 21.1. The summed E-state index contributed by atoms with van der Waals surface area (Å²) in [6.07, 6.45) is 6.76. The van der Waals surface area contributed by atoms with Gasteiger partial charge in [-0.3, -0.25) is 9.59 Å². The lowest BCUT2D eigenvalue weighted by molar-refractivity contribution is -0.138. The van der Waals surface area contributed by atoms with E-state index in [2.05, 4.69) is 12.2 Å². The van der Waals surface area contributed by atoms with Crippen LogP contribution in [-0.2, 0) is 38.0 Å². The normalized spacial score (nSPS) is 11.1. The van der Waals surface area contributed by atoms with Crippen LogP contribution in [0.15, 0.2) is 0 Å². The van der Waals surface area contributed by atoms with Crippen molar-refractivity contribution in [1.29, 1.82) is 0 Å². The summed E-state index contributed by atoms with van der Waals surface area (Å²) in [4.78, 5) is 21.7. The van der Waals surface area contributed by atoms with Crippen LogP contribution in [0.4, 0.5) is 0 Å². The van der Waals surface area contributed by atoms with Crippen molar-refractivity contribution in [2.45, 2.75) is 58.3 Å². The number of ether oxygens (including phenoxy) is 6. The molecule has 0 heterocycles. The molecule has 1 amide bonds. The van der Waals surface area contributed by atoms with Crippen molar-refractivity contribution in [2.24, 2.45) is 0 Å². The summed E-state index contributed by atoms with van der Waals surface area (Å²) >= 11 is 0. The molecule has 0 aromatic rings. The molecule has 10 heteroatoms. The van der Waals surface area contributed by atoms with E-state index >= 15 is 0 Å². The van der Waals surface area contributed by atoms with Gasteiger partial charge >= 0.3 is 5.97 Å². The minimum atomic E-state index is -0.974. The molecule has 34 heavy (non-hydrogen) atoms. The minimum Gasteiger partial charge on any atom is -0.481 e. The van der Waals surface area contributed by atoms with Gasteiger partial charge in [0.1, 0.15) is 0 Å². The van der Waals surface area contributed by atoms with Crippen LogP contribution in [0.5, 0.6) is 0 Å². The smallest absolute Gasteiger partial charge is 0.303 e. The average molecular weight is 494 g/mol. The standard InChI is InChI=1S/C24H47NO9/c1-2-3-4-5-6-11-29-13-15-31-17-19-33-21-22-34-20-18-32-16-14-30-12-7-10-25-23(26)8-9-24(27)28/h2-22H2,1H3,(H,25,26)(H,27,28). The molecule has 0 saturated heterocycles. The highest BCUT2D eigenvalue weighted by Gasteiger charge is 2.04. The van der Waals surface area contributed by atoms with Gasteiger partial charge in [-0.1, -0.05) is 32.6 Å². The van der Waals surface area contributed by atoms with Gasteiger partial charge in [-0.05, 0) is 12.8 Å². The minimum absolute atomic E-state index is 0.00186. The molecular formula is C24H47NO9. The van der Waals surface area contributed by atoms with E-state index in [0.717, 1.165) is 13.0 Å². The largest absolute Gasteiger partial charge is 0.481 e. The first-order chi connectivity index (χ1) is 16.7. The first kappa shape index (κ1) is 32.7. The molecule has 202 valence electrons. The predicted molar refractivity (Wildman–Crippen MR) is 128 cm³/mol. The number of carboxylic acid groups (broad SMARTS) is 1. The van der Waals surface area contributed by atoms with Crippen LogP contribution >= 0.6 is 0 Å². The van der Waals surface area contributed by atoms with Gasteiger partial charge in [0.2, 0.25) is 5.91 Å². The summed E-state index contributed by atoms with van der Waals surface area (Å²) in [5.74, 6) is -1.23. The van der Waals surface area contributed by atoms with Gasteiger partial charge in [-0.15, -0.1) is 0 Å². The van der Waals surface area contributed by atoms with Gasteiger partial charge in [0.25, 0.3) is 0 Å². The molecule has 2 N–H and O–H groups in total. The molecular weight excluding hydrogens is 446 g/mol. The Kier molecular flexibility index (Phi) is 26.9. The van der Waals surface area contributed by atoms with Crippen molar-refractivity contribution in [3.8, 4) is 0 Å². The van der Waals surface area contributed by atoms with Crippen molar-refractivity contribution in [1.82, 2.24) is 5.32 Å². The van der Waals surface area contributed by atoms with Crippen molar-refractivity contribution < 1.29 is 43.1 Å². The number of hydrogen-bond donors (Lipinski definition) is 2. The van der Waals surface area contributed by atoms with Gasteiger partial charge in [-0.2, -0.15) is 0 Å². The predicted octanol–water partition coefficient (Wildman–Crippen LogP) is 2.43. The van der Waals surface area contributed by atoms with Gasteiger partial charge in [0, 0.05) is 26.2 Å². The maximum atomic E-state index is 11.3. The van der Waals surface area contributed by atoms with Crippen LogP contribution in [0.1, 0.15) is 58.3 Å². The lowest BCUT2D eigenvalue weighted by Gasteiger charge is -2.08. The Morgan fingerprint density at radius 1 is 0.559 bits per heavy atom. The molecule has 0 aliphatic rings. The van der Waals surface area contributed by atoms with E-state index in [1.807, 2.05) is 0 Å². The number of amides is 1. The maximum absolute atomic E-state index is 11.3. The van der Waals surface area contributed by atoms with E-state index in [9.17, 15) is 9.59 Å². The molecule has 0 saturated carbocycles. The Hall–Kier alpha value is -1.30. The third-order valence-corrected chi connectivity index (χ3v) is 4.61. The lowest BCUT2D eigenvalue weighted by Crippen LogP contribution is -2.25. The second kappa shape index (κ2) is 27.9. The Balaban J connectivity index is 3.08. The molecule has 0 unspecified atom stereocenters. The van der Waals surface area contributed by atoms with E-state index in [0.29, 0.717) is 85.6 Å². The number of carbonyl (C=O) groups is 2.